The van der Waals surface area contributed by atoms with Crippen LogP contribution in [0.4, 0.5) is 0 Å². The molecule has 3 aliphatic heterocycles. The Bertz CT molecular complexity index is 924. The summed E-state index contributed by atoms with van der Waals surface area (Å²) >= 11 is 0. The fourth-order valence-corrected chi connectivity index (χ4v) is 5.27. The van der Waals surface area contributed by atoms with Crippen LogP contribution in [-0.4, -0.2) is 70.5 Å². The first kappa shape index (κ1) is 20.0. The quantitative estimate of drug-likeness (QED) is 0.607. The van der Waals surface area contributed by atoms with Crippen molar-refractivity contribution in [3.8, 4) is 0 Å². The molecule has 0 aromatic carbocycles. The molecular weight excluding hydrogens is 400 g/mol. The van der Waals surface area contributed by atoms with Gasteiger partial charge in [-0.1, -0.05) is 0 Å². The molecule has 1 saturated carbocycles. The number of carbonyl (C=O) groups excluding carboxylic acids is 4. The number of nitrogens with one attached hydrogen (secondary N) is 3. The van der Waals surface area contributed by atoms with E-state index >= 15 is 0 Å². The van der Waals surface area contributed by atoms with Gasteiger partial charge in [-0.25, -0.2) is 0 Å². The zero-order chi connectivity index (χ0) is 21.6. The predicted octanol–water partition coefficient (Wildman–Crippen LogP) is -0.346. The van der Waals surface area contributed by atoms with Crippen LogP contribution < -0.4 is 16.0 Å². The monoisotopic (exact) mass is 428 g/mol. The highest BCUT2D eigenvalue weighted by atomic mass is 16.2. The molecule has 1 aliphatic carbocycles. The number of amides is 4. The molecule has 1 unspecified atom stereocenters. The smallest absolute Gasteiger partial charge is 0.274 e. The molecule has 1 atom stereocenters. The van der Waals surface area contributed by atoms with E-state index in [0.717, 1.165) is 32.1 Å². The topological polar surface area (TPSA) is 125 Å². The van der Waals surface area contributed by atoms with Crippen molar-refractivity contribution in [2.45, 2.75) is 51.1 Å². The summed E-state index contributed by atoms with van der Waals surface area (Å²) in [5.41, 5.74) is 0.907. The van der Waals surface area contributed by atoms with E-state index in [4.69, 9.17) is 0 Å². The minimum Gasteiger partial charge on any atom is -0.355 e. The van der Waals surface area contributed by atoms with Crippen LogP contribution >= 0.6 is 0 Å². The predicted molar refractivity (Wildman–Crippen MR) is 109 cm³/mol. The maximum absolute atomic E-state index is 12.9. The number of hydrogen-bond donors (Lipinski definition) is 3. The number of likely N-dealkylation sites (tertiary alicyclic amines) is 1. The van der Waals surface area contributed by atoms with Gasteiger partial charge >= 0.3 is 0 Å². The summed E-state index contributed by atoms with van der Waals surface area (Å²) in [6.07, 6.45) is 4.78. The second-order valence-electron chi connectivity index (χ2n) is 9.40. The maximum Gasteiger partial charge on any atom is 0.274 e. The van der Waals surface area contributed by atoms with Crippen molar-refractivity contribution in [1.29, 1.82) is 0 Å². The summed E-state index contributed by atoms with van der Waals surface area (Å²) in [6.45, 7) is 3.07. The number of carbonyl (C=O) groups is 4. The third kappa shape index (κ3) is 3.79. The molecular formula is C21H28N6O4. The molecule has 1 spiro atoms. The molecule has 166 valence electrons. The molecule has 3 N–H and O–H groups in total. The molecule has 3 fully saturated rings. The van der Waals surface area contributed by atoms with E-state index in [1.807, 2.05) is 4.90 Å². The van der Waals surface area contributed by atoms with Gasteiger partial charge in [-0.2, -0.15) is 5.10 Å². The van der Waals surface area contributed by atoms with E-state index in [1.165, 1.54) is 0 Å². The van der Waals surface area contributed by atoms with Gasteiger partial charge in [-0.15, -0.1) is 0 Å². The van der Waals surface area contributed by atoms with Crippen LogP contribution in [0.3, 0.4) is 0 Å². The van der Waals surface area contributed by atoms with E-state index in [2.05, 4.69) is 21.0 Å². The van der Waals surface area contributed by atoms with E-state index in [1.54, 1.807) is 10.7 Å². The molecule has 0 bridgehead atoms. The highest BCUT2D eigenvalue weighted by Gasteiger charge is 2.47. The highest BCUT2D eigenvalue weighted by Crippen LogP contribution is 2.44. The summed E-state index contributed by atoms with van der Waals surface area (Å²) < 4.78 is 1.63. The second kappa shape index (κ2) is 7.65. The average molecular weight is 428 g/mol. The molecule has 0 radical (unpaired) electrons. The molecule has 31 heavy (non-hydrogen) atoms. The molecule has 10 heteroatoms. The van der Waals surface area contributed by atoms with Gasteiger partial charge < -0.3 is 20.9 Å². The second-order valence-corrected chi connectivity index (χ2v) is 9.40. The average Bonchev–Trinajstić information content (AvgIpc) is 3.32. The lowest BCUT2D eigenvalue weighted by molar-refractivity contribution is -0.127. The Kier molecular flexibility index (Phi) is 4.94. The van der Waals surface area contributed by atoms with Gasteiger partial charge in [0.2, 0.25) is 11.8 Å². The Hall–Kier alpha value is -2.91. The van der Waals surface area contributed by atoms with Gasteiger partial charge in [0.15, 0.2) is 5.69 Å². The number of nitrogens with zero attached hydrogens (tertiary/aromatic N) is 3. The first-order valence-electron chi connectivity index (χ1n) is 11.1. The third-order valence-corrected chi connectivity index (χ3v) is 7.14. The summed E-state index contributed by atoms with van der Waals surface area (Å²) in [6, 6.07) is 1.74. The van der Waals surface area contributed by atoms with E-state index in [0.29, 0.717) is 44.1 Å². The van der Waals surface area contributed by atoms with Crippen LogP contribution in [0.25, 0.3) is 0 Å². The van der Waals surface area contributed by atoms with Crippen molar-refractivity contribution in [2.24, 2.45) is 11.3 Å². The lowest BCUT2D eigenvalue weighted by Crippen LogP contribution is -2.60. The largest absolute Gasteiger partial charge is 0.355 e. The first-order chi connectivity index (χ1) is 14.9. The van der Waals surface area contributed by atoms with E-state index < -0.39 is 0 Å². The fraction of sp³-hybridized carbons (Fsp3) is 0.667. The maximum atomic E-state index is 12.9. The lowest BCUT2D eigenvalue weighted by atomic mass is 9.67. The molecule has 1 aromatic rings. The zero-order valence-electron chi connectivity index (χ0n) is 17.5. The Morgan fingerprint density at radius 2 is 1.94 bits per heavy atom. The van der Waals surface area contributed by atoms with Crippen molar-refractivity contribution in [1.82, 2.24) is 30.6 Å². The van der Waals surface area contributed by atoms with Gasteiger partial charge in [-0.3, -0.25) is 23.9 Å². The minimum atomic E-state index is -0.257. The number of aromatic nitrogens is 2. The Morgan fingerprint density at radius 3 is 2.65 bits per heavy atom. The van der Waals surface area contributed by atoms with Crippen LogP contribution in [-0.2, 0) is 16.1 Å². The standard InChI is InChI=1S/C21H28N6O4/c28-17-8-13(10-23-17)18(29)24-14-2-4-21(5-3-14)11-26(12-21)20(31)15-9-16-19(30)22-6-1-7-27(16)25-15/h9,13-14H,1-8,10-12H2,(H,22,30)(H,23,28)(H,24,29). The van der Waals surface area contributed by atoms with Crippen molar-refractivity contribution in [3.05, 3.63) is 17.5 Å². The molecule has 4 amide bonds. The normalized spacial score (nSPS) is 25.3. The molecule has 4 heterocycles. The van der Waals surface area contributed by atoms with Crippen LogP contribution in [0.5, 0.6) is 0 Å². The summed E-state index contributed by atoms with van der Waals surface area (Å²) in [4.78, 5) is 50.4. The Labute approximate surface area is 180 Å². The molecule has 2 saturated heterocycles. The van der Waals surface area contributed by atoms with Crippen LogP contribution in [0, 0.1) is 11.3 Å². The van der Waals surface area contributed by atoms with Gasteiger partial charge in [0, 0.05) is 56.7 Å². The first-order valence-corrected chi connectivity index (χ1v) is 11.1. The van der Waals surface area contributed by atoms with Gasteiger partial charge in [0.1, 0.15) is 5.69 Å². The van der Waals surface area contributed by atoms with Crippen LogP contribution in [0.15, 0.2) is 6.07 Å². The van der Waals surface area contributed by atoms with E-state index in [9.17, 15) is 19.2 Å². The van der Waals surface area contributed by atoms with E-state index in [-0.39, 0.29) is 47.4 Å². The van der Waals surface area contributed by atoms with Crippen molar-refractivity contribution >= 4 is 23.6 Å². The minimum absolute atomic E-state index is 0.0340. The summed E-state index contributed by atoms with van der Waals surface area (Å²) in [7, 11) is 0. The van der Waals surface area contributed by atoms with Crippen molar-refractivity contribution in [2.75, 3.05) is 26.2 Å². The molecule has 1 aromatic heterocycles. The summed E-state index contributed by atoms with van der Waals surface area (Å²) in [5.74, 6) is -0.646. The Balaban J connectivity index is 1.12. The number of hydrogen-bond acceptors (Lipinski definition) is 5. The molecule has 10 nitrogen and oxygen atoms in total. The van der Waals surface area contributed by atoms with Gasteiger partial charge in [0.25, 0.3) is 11.8 Å². The third-order valence-electron chi connectivity index (χ3n) is 7.14. The number of fused-ring (bicyclic) bond motifs is 1. The fourth-order valence-electron chi connectivity index (χ4n) is 5.27. The van der Waals surface area contributed by atoms with Crippen LogP contribution in [0.1, 0.15) is 59.5 Å². The highest BCUT2D eigenvalue weighted by molar-refractivity contribution is 5.98. The molecule has 4 aliphatic rings. The SMILES string of the molecule is O=C1CC(C(=O)NC2CCC3(CC2)CN(C(=O)c2cc4n(n2)CCCNC4=O)C3)CN1. The zero-order valence-corrected chi connectivity index (χ0v) is 17.5. The Morgan fingerprint density at radius 1 is 1.16 bits per heavy atom. The lowest BCUT2D eigenvalue weighted by Gasteiger charge is -2.53. The molecule has 5 rings (SSSR count). The van der Waals surface area contributed by atoms with Crippen LogP contribution in [0.2, 0.25) is 0 Å². The van der Waals surface area contributed by atoms with Crippen molar-refractivity contribution < 1.29 is 19.2 Å². The number of aryl methyl sites for hydroxylation is 1. The van der Waals surface area contributed by atoms with Gasteiger partial charge in [0.05, 0.1) is 5.92 Å². The van der Waals surface area contributed by atoms with Gasteiger partial charge in [-0.05, 0) is 32.1 Å². The van der Waals surface area contributed by atoms with Crippen molar-refractivity contribution in [3.63, 3.8) is 0 Å². The summed E-state index contributed by atoms with van der Waals surface area (Å²) in [5, 5.41) is 13.0. The number of rotatable bonds is 3.